The minimum Gasteiger partial charge on any atom is -0.341 e. The highest BCUT2D eigenvalue weighted by Crippen LogP contribution is 2.23. The number of ketones is 1. The van der Waals surface area contributed by atoms with Crippen LogP contribution in [0.1, 0.15) is 41.5 Å². The summed E-state index contributed by atoms with van der Waals surface area (Å²) < 4.78 is 0. The number of hydrogen-bond acceptors (Lipinski definition) is 5. The zero-order valence-electron chi connectivity index (χ0n) is 15.5. The van der Waals surface area contributed by atoms with E-state index in [9.17, 15) is 9.59 Å². The SMILES string of the molecule is CC(=O)c1ccc(NC(=O)C2CCN(c3nc(C)cc(C)n3)CC2)cc1. The average molecular weight is 352 g/mol. The van der Waals surface area contributed by atoms with E-state index >= 15 is 0 Å². The first-order valence-corrected chi connectivity index (χ1v) is 8.91. The number of hydrogen-bond donors (Lipinski definition) is 1. The summed E-state index contributed by atoms with van der Waals surface area (Å²) in [6, 6.07) is 8.97. The Kier molecular flexibility index (Phi) is 5.30. The molecule has 0 bridgehead atoms. The van der Waals surface area contributed by atoms with Crippen LogP contribution in [0.15, 0.2) is 30.3 Å². The van der Waals surface area contributed by atoms with Crippen LogP contribution in [-0.4, -0.2) is 34.7 Å². The molecule has 1 saturated heterocycles. The first-order valence-electron chi connectivity index (χ1n) is 8.91. The number of carbonyl (C=O) groups is 2. The van der Waals surface area contributed by atoms with Gasteiger partial charge in [0.15, 0.2) is 5.78 Å². The van der Waals surface area contributed by atoms with Gasteiger partial charge in [0.05, 0.1) is 0 Å². The maximum Gasteiger partial charge on any atom is 0.227 e. The number of carbonyl (C=O) groups excluding carboxylic acids is 2. The molecule has 6 nitrogen and oxygen atoms in total. The average Bonchev–Trinajstić information content (AvgIpc) is 2.61. The van der Waals surface area contributed by atoms with Gasteiger partial charge in [-0.1, -0.05) is 0 Å². The number of nitrogens with zero attached hydrogens (tertiary/aromatic N) is 3. The Bertz CT molecular complexity index is 789. The minimum atomic E-state index is -0.0235. The Hall–Kier alpha value is -2.76. The number of aryl methyl sites for hydroxylation is 2. The highest BCUT2D eigenvalue weighted by atomic mass is 16.2. The lowest BCUT2D eigenvalue weighted by molar-refractivity contribution is -0.120. The molecule has 1 aromatic heterocycles. The number of nitrogens with one attached hydrogen (secondary N) is 1. The second kappa shape index (κ2) is 7.64. The van der Waals surface area contributed by atoms with Crippen molar-refractivity contribution in [1.29, 1.82) is 0 Å². The third kappa shape index (κ3) is 4.25. The van der Waals surface area contributed by atoms with E-state index in [4.69, 9.17) is 0 Å². The van der Waals surface area contributed by atoms with E-state index in [0.29, 0.717) is 5.56 Å². The van der Waals surface area contributed by atoms with Crippen LogP contribution in [-0.2, 0) is 4.79 Å². The predicted molar refractivity (Wildman–Crippen MR) is 102 cm³/mol. The van der Waals surface area contributed by atoms with Gasteiger partial charge in [0, 0.05) is 41.6 Å². The van der Waals surface area contributed by atoms with E-state index in [0.717, 1.165) is 49.0 Å². The van der Waals surface area contributed by atoms with Crippen molar-refractivity contribution in [3.05, 3.63) is 47.3 Å². The molecule has 136 valence electrons. The van der Waals surface area contributed by atoms with Crippen molar-refractivity contribution in [1.82, 2.24) is 9.97 Å². The minimum absolute atomic E-state index is 0.0175. The molecule has 0 radical (unpaired) electrons. The molecule has 26 heavy (non-hydrogen) atoms. The Morgan fingerprint density at radius 2 is 1.62 bits per heavy atom. The zero-order valence-corrected chi connectivity index (χ0v) is 15.5. The largest absolute Gasteiger partial charge is 0.341 e. The van der Waals surface area contributed by atoms with Gasteiger partial charge in [-0.05, 0) is 63.9 Å². The topological polar surface area (TPSA) is 75.2 Å². The van der Waals surface area contributed by atoms with Crippen molar-refractivity contribution < 1.29 is 9.59 Å². The molecule has 3 rings (SSSR count). The number of amides is 1. The van der Waals surface area contributed by atoms with Crippen LogP contribution in [0.5, 0.6) is 0 Å². The van der Waals surface area contributed by atoms with Gasteiger partial charge < -0.3 is 10.2 Å². The van der Waals surface area contributed by atoms with E-state index in [1.165, 1.54) is 6.92 Å². The van der Waals surface area contributed by atoms with Crippen LogP contribution in [0.25, 0.3) is 0 Å². The molecule has 2 aromatic rings. The summed E-state index contributed by atoms with van der Waals surface area (Å²) in [6.07, 6.45) is 1.54. The Morgan fingerprint density at radius 1 is 1.04 bits per heavy atom. The molecular weight excluding hydrogens is 328 g/mol. The lowest BCUT2D eigenvalue weighted by atomic mass is 9.96. The van der Waals surface area contributed by atoms with Gasteiger partial charge in [-0.3, -0.25) is 9.59 Å². The molecule has 0 atom stereocenters. The standard InChI is InChI=1S/C20H24N4O2/c1-13-12-14(2)22-20(21-13)24-10-8-17(9-11-24)19(26)23-18-6-4-16(5-7-18)15(3)25/h4-7,12,17H,8-11H2,1-3H3,(H,23,26). The molecule has 0 spiro atoms. The molecule has 1 aromatic carbocycles. The molecule has 2 heterocycles. The van der Waals surface area contributed by atoms with Crippen molar-refractivity contribution in [3.8, 4) is 0 Å². The van der Waals surface area contributed by atoms with Gasteiger partial charge in [0.2, 0.25) is 11.9 Å². The van der Waals surface area contributed by atoms with Crippen LogP contribution < -0.4 is 10.2 Å². The first kappa shape index (κ1) is 18.0. The Morgan fingerprint density at radius 3 is 2.15 bits per heavy atom. The van der Waals surface area contributed by atoms with Crippen molar-refractivity contribution in [2.45, 2.75) is 33.6 Å². The van der Waals surface area contributed by atoms with Gasteiger partial charge in [0.1, 0.15) is 0 Å². The smallest absolute Gasteiger partial charge is 0.227 e. The maximum absolute atomic E-state index is 12.5. The molecule has 1 fully saturated rings. The summed E-state index contributed by atoms with van der Waals surface area (Å²) in [5.41, 5.74) is 3.28. The summed E-state index contributed by atoms with van der Waals surface area (Å²) in [5.74, 6) is 0.774. The van der Waals surface area contributed by atoms with E-state index in [1.54, 1.807) is 24.3 Å². The van der Waals surface area contributed by atoms with Gasteiger partial charge in [-0.25, -0.2) is 9.97 Å². The molecule has 1 aliphatic rings. The number of Topliss-reactive ketones (excluding diaryl/α,β-unsaturated/α-hetero) is 1. The molecule has 0 unspecified atom stereocenters. The van der Waals surface area contributed by atoms with E-state index in [-0.39, 0.29) is 17.6 Å². The normalized spacial score (nSPS) is 15.0. The maximum atomic E-state index is 12.5. The highest BCUT2D eigenvalue weighted by Gasteiger charge is 2.26. The van der Waals surface area contributed by atoms with Gasteiger partial charge >= 0.3 is 0 Å². The van der Waals surface area contributed by atoms with Crippen molar-refractivity contribution >= 4 is 23.3 Å². The summed E-state index contributed by atoms with van der Waals surface area (Å²) in [7, 11) is 0. The third-order valence-corrected chi connectivity index (χ3v) is 4.68. The lowest BCUT2D eigenvalue weighted by Crippen LogP contribution is -2.39. The third-order valence-electron chi connectivity index (χ3n) is 4.68. The van der Waals surface area contributed by atoms with Gasteiger partial charge in [-0.15, -0.1) is 0 Å². The number of anilines is 2. The fourth-order valence-corrected chi connectivity index (χ4v) is 3.22. The van der Waals surface area contributed by atoms with E-state index in [2.05, 4.69) is 20.2 Å². The Balaban J connectivity index is 1.57. The fraction of sp³-hybridized carbons (Fsp3) is 0.400. The van der Waals surface area contributed by atoms with Crippen molar-refractivity contribution in [3.63, 3.8) is 0 Å². The van der Waals surface area contributed by atoms with Crippen LogP contribution in [0.4, 0.5) is 11.6 Å². The van der Waals surface area contributed by atoms with E-state index < -0.39 is 0 Å². The zero-order chi connectivity index (χ0) is 18.7. The number of rotatable bonds is 4. The number of piperidine rings is 1. The van der Waals surface area contributed by atoms with Crippen LogP contribution in [0.3, 0.4) is 0 Å². The lowest BCUT2D eigenvalue weighted by Gasteiger charge is -2.31. The monoisotopic (exact) mass is 352 g/mol. The fourth-order valence-electron chi connectivity index (χ4n) is 3.22. The van der Waals surface area contributed by atoms with Gasteiger partial charge in [-0.2, -0.15) is 0 Å². The van der Waals surface area contributed by atoms with Crippen LogP contribution >= 0.6 is 0 Å². The first-order chi connectivity index (χ1) is 12.4. The van der Waals surface area contributed by atoms with Crippen molar-refractivity contribution in [2.75, 3.05) is 23.3 Å². The second-order valence-electron chi connectivity index (χ2n) is 6.83. The summed E-state index contributed by atoms with van der Waals surface area (Å²) >= 11 is 0. The molecule has 1 N–H and O–H groups in total. The molecule has 0 aliphatic carbocycles. The van der Waals surface area contributed by atoms with E-state index in [1.807, 2.05) is 19.9 Å². The summed E-state index contributed by atoms with van der Waals surface area (Å²) in [6.45, 7) is 7.00. The Labute approximate surface area is 153 Å². The summed E-state index contributed by atoms with van der Waals surface area (Å²) in [5, 5.41) is 2.95. The molecular formula is C20H24N4O2. The molecule has 1 aliphatic heterocycles. The van der Waals surface area contributed by atoms with Crippen LogP contribution in [0, 0.1) is 19.8 Å². The molecule has 6 heteroatoms. The number of benzene rings is 1. The highest BCUT2D eigenvalue weighted by molar-refractivity contribution is 5.96. The predicted octanol–water partition coefficient (Wildman–Crippen LogP) is 3.15. The van der Waals surface area contributed by atoms with Crippen molar-refractivity contribution in [2.24, 2.45) is 5.92 Å². The second-order valence-corrected chi connectivity index (χ2v) is 6.83. The molecule has 1 amide bonds. The van der Waals surface area contributed by atoms with Crippen LogP contribution in [0.2, 0.25) is 0 Å². The number of aromatic nitrogens is 2. The summed E-state index contributed by atoms with van der Waals surface area (Å²) in [4.78, 5) is 35.0. The quantitative estimate of drug-likeness (QED) is 0.856. The van der Waals surface area contributed by atoms with Gasteiger partial charge in [0.25, 0.3) is 0 Å². The molecule has 0 saturated carbocycles.